The van der Waals surface area contributed by atoms with Gasteiger partial charge in [0.05, 0.1) is 0 Å². The number of allylic oxidation sites excluding steroid dienone is 8. The van der Waals surface area contributed by atoms with Gasteiger partial charge in [-0.1, -0.05) is 188 Å². The van der Waals surface area contributed by atoms with E-state index in [1.54, 1.807) is 0 Å². The highest BCUT2D eigenvalue weighted by Gasteiger charge is 2.09. The number of aryl methyl sites for hydroxylation is 4. The maximum Gasteiger partial charge on any atom is -0.0233 e. The van der Waals surface area contributed by atoms with Crippen LogP contribution in [0.1, 0.15) is 163 Å². The summed E-state index contributed by atoms with van der Waals surface area (Å²) in [6, 6.07) is 14.9. The highest BCUT2D eigenvalue weighted by molar-refractivity contribution is 5.61. The molecule has 0 N–H and O–H groups in total. The summed E-state index contributed by atoms with van der Waals surface area (Å²) in [5.74, 6) is 1.09. The molecule has 3 rings (SSSR count). The molecule has 0 radical (unpaired) electrons. The van der Waals surface area contributed by atoms with Crippen molar-refractivity contribution in [1.82, 2.24) is 0 Å². The summed E-state index contributed by atoms with van der Waals surface area (Å²) < 4.78 is 0. The van der Waals surface area contributed by atoms with Gasteiger partial charge in [0.15, 0.2) is 0 Å². The molecule has 0 atom stereocenters. The van der Waals surface area contributed by atoms with Crippen molar-refractivity contribution in [3.63, 3.8) is 0 Å². The fraction of sp³-hybridized carbons (Fsp3) is 0.532. The van der Waals surface area contributed by atoms with E-state index in [1.807, 2.05) is 48.5 Å². The van der Waals surface area contributed by atoms with E-state index in [0.29, 0.717) is 0 Å². The van der Waals surface area contributed by atoms with Gasteiger partial charge in [-0.05, 0) is 110 Å². The van der Waals surface area contributed by atoms with Crippen molar-refractivity contribution in [3.05, 3.63) is 123 Å². The van der Waals surface area contributed by atoms with E-state index >= 15 is 0 Å². The smallest absolute Gasteiger partial charge is 0.0233 e. The maximum absolute atomic E-state index is 3.99. The average molecular weight is 645 g/mol. The van der Waals surface area contributed by atoms with E-state index in [-0.39, 0.29) is 0 Å². The third-order valence-corrected chi connectivity index (χ3v) is 7.92. The second-order valence-electron chi connectivity index (χ2n) is 12.1. The van der Waals surface area contributed by atoms with E-state index < -0.39 is 0 Å². The van der Waals surface area contributed by atoms with Crippen LogP contribution in [0.4, 0.5) is 0 Å². The number of hydrogen-bond donors (Lipinski definition) is 0. The number of hydrogen-bond acceptors (Lipinski definition) is 0. The van der Waals surface area contributed by atoms with Gasteiger partial charge < -0.3 is 0 Å². The SMILES string of the molecule is C=C(C)C(/C=C(C)/C(C)=C/C)=C(C)C.C=C(C)c1ccc(C)cc1.CC.CC.CC.CCC1CCCCC1.Cc1ccc(C)c(C)c1. The average Bonchev–Trinajstić information content (AvgIpc) is 3.08. The molecule has 268 valence electrons. The molecule has 0 aliphatic heterocycles. The lowest BCUT2D eigenvalue weighted by atomic mass is 9.88. The molecule has 0 spiro atoms. The summed E-state index contributed by atoms with van der Waals surface area (Å²) in [6.45, 7) is 45.3. The van der Waals surface area contributed by atoms with Crippen molar-refractivity contribution in [3.8, 4) is 0 Å². The van der Waals surface area contributed by atoms with Crippen LogP contribution in [0.5, 0.6) is 0 Å². The molecule has 0 nitrogen and oxygen atoms in total. The first-order valence-electron chi connectivity index (χ1n) is 18.6. The number of benzene rings is 2. The van der Waals surface area contributed by atoms with E-state index in [9.17, 15) is 0 Å². The molecule has 0 heterocycles. The van der Waals surface area contributed by atoms with Gasteiger partial charge in [0.25, 0.3) is 0 Å². The predicted molar refractivity (Wildman–Crippen MR) is 224 cm³/mol. The van der Waals surface area contributed by atoms with Gasteiger partial charge in [-0.15, -0.1) is 0 Å². The molecule has 0 amide bonds. The van der Waals surface area contributed by atoms with Crippen molar-refractivity contribution in [2.75, 3.05) is 0 Å². The van der Waals surface area contributed by atoms with E-state index in [4.69, 9.17) is 0 Å². The van der Waals surface area contributed by atoms with Crippen molar-refractivity contribution in [1.29, 1.82) is 0 Å². The van der Waals surface area contributed by atoms with Crippen molar-refractivity contribution in [2.24, 2.45) is 5.92 Å². The molecule has 2 aromatic rings. The summed E-state index contributed by atoms with van der Waals surface area (Å²) in [5.41, 5.74) is 14.1. The zero-order valence-electron chi connectivity index (χ0n) is 34.9. The predicted octanol–water partition coefficient (Wildman–Crippen LogP) is 16.5. The van der Waals surface area contributed by atoms with Gasteiger partial charge in [0.2, 0.25) is 0 Å². The molecule has 0 saturated heterocycles. The van der Waals surface area contributed by atoms with Crippen LogP contribution in [0, 0.1) is 33.6 Å². The van der Waals surface area contributed by atoms with Gasteiger partial charge in [0.1, 0.15) is 0 Å². The zero-order chi connectivity index (χ0) is 37.5. The summed E-state index contributed by atoms with van der Waals surface area (Å²) >= 11 is 0. The first kappa shape index (κ1) is 51.0. The van der Waals surface area contributed by atoms with Crippen molar-refractivity contribution in [2.45, 2.75) is 163 Å². The van der Waals surface area contributed by atoms with Crippen LogP contribution in [-0.4, -0.2) is 0 Å². The lowest BCUT2D eigenvalue weighted by Gasteiger charge is -2.18. The molecule has 1 aliphatic carbocycles. The standard InChI is InChI=1S/C14H22.C10H12.C9H12.C8H16.3C2H6/c1-8-12(6)13(7)9-14(10(2)3)11(4)5;1-8(2)10-6-4-9(3)5-7-10;1-7-4-5-8(2)9(3)6-7;1-2-8-6-4-3-5-7-8;3*1-2/h8-9H,2H2,1,3-7H3;4-7H,1H2,2-3H3;4-6H,1-3H3;8H,2-7H2,1H3;3*1-2H3/b12-8+,13-9+;;;;;;. The van der Waals surface area contributed by atoms with Gasteiger partial charge in [-0.3, -0.25) is 0 Å². The Labute approximate surface area is 297 Å². The minimum Gasteiger partial charge on any atom is -0.0955 e. The monoisotopic (exact) mass is 645 g/mol. The molecule has 47 heavy (non-hydrogen) atoms. The summed E-state index contributed by atoms with van der Waals surface area (Å²) in [7, 11) is 0. The van der Waals surface area contributed by atoms with Crippen LogP contribution in [0.2, 0.25) is 0 Å². The van der Waals surface area contributed by atoms with Gasteiger partial charge >= 0.3 is 0 Å². The van der Waals surface area contributed by atoms with E-state index in [2.05, 4.69) is 144 Å². The third kappa shape index (κ3) is 26.9. The third-order valence-electron chi connectivity index (χ3n) is 7.92. The molecule has 0 heteroatoms. The number of rotatable bonds is 5. The van der Waals surface area contributed by atoms with E-state index in [1.165, 1.54) is 88.6 Å². The summed E-state index contributed by atoms with van der Waals surface area (Å²) in [5, 5.41) is 0. The van der Waals surface area contributed by atoms with Gasteiger partial charge in [-0.2, -0.15) is 0 Å². The molecule has 0 unspecified atom stereocenters. The second-order valence-corrected chi connectivity index (χ2v) is 12.1. The first-order chi connectivity index (χ1) is 22.2. The van der Waals surface area contributed by atoms with Gasteiger partial charge in [-0.25, -0.2) is 0 Å². The Kier molecular flexibility index (Phi) is 35.9. The highest BCUT2D eigenvalue weighted by atomic mass is 14.2. The maximum atomic E-state index is 3.99. The second kappa shape index (κ2) is 33.1. The normalized spacial score (nSPS) is 12.0. The van der Waals surface area contributed by atoms with Crippen LogP contribution in [0.25, 0.3) is 5.57 Å². The Morgan fingerprint density at radius 1 is 0.660 bits per heavy atom. The van der Waals surface area contributed by atoms with Crippen LogP contribution in [-0.2, 0) is 0 Å². The largest absolute Gasteiger partial charge is 0.0955 e. The fourth-order valence-electron chi connectivity index (χ4n) is 4.58. The molecule has 0 bridgehead atoms. The Morgan fingerprint density at radius 2 is 1.13 bits per heavy atom. The Bertz CT molecular complexity index is 1150. The Hall–Kier alpha value is -2.86. The Balaban J connectivity index is -0.000000252. The molecule has 1 saturated carbocycles. The van der Waals surface area contributed by atoms with E-state index in [0.717, 1.165) is 17.1 Å². The molecule has 0 aromatic heterocycles. The van der Waals surface area contributed by atoms with Crippen LogP contribution in [0.3, 0.4) is 0 Å². The first-order valence-corrected chi connectivity index (χ1v) is 18.6. The van der Waals surface area contributed by atoms with Crippen LogP contribution < -0.4 is 0 Å². The zero-order valence-corrected chi connectivity index (χ0v) is 34.9. The molecular weight excluding hydrogens is 565 g/mol. The molecule has 1 fully saturated rings. The Morgan fingerprint density at radius 3 is 1.45 bits per heavy atom. The van der Waals surface area contributed by atoms with Crippen molar-refractivity contribution < 1.29 is 0 Å². The van der Waals surface area contributed by atoms with Crippen molar-refractivity contribution >= 4 is 5.57 Å². The fourth-order valence-corrected chi connectivity index (χ4v) is 4.58. The molecular formula is C47H80. The molecule has 2 aromatic carbocycles. The van der Waals surface area contributed by atoms with Crippen LogP contribution >= 0.6 is 0 Å². The van der Waals surface area contributed by atoms with Gasteiger partial charge in [0, 0.05) is 0 Å². The minimum absolute atomic E-state index is 1.09. The van der Waals surface area contributed by atoms with Crippen LogP contribution in [0.15, 0.2) is 95.6 Å². The summed E-state index contributed by atoms with van der Waals surface area (Å²) in [4.78, 5) is 0. The lowest BCUT2D eigenvalue weighted by molar-refractivity contribution is 0.349. The lowest BCUT2D eigenvalue weighted by Crippen LogP contribution is -2.03. The minimum atomic E-state index is 1.09. The summed E-state index contributed by atoms with van der Waals surface area (Å²) in [6.07, 6.45) is 13.3. The molecule has 1 aliphatic rings. The highest BCUT2D eigenvalue weighted by Crippen LogP contribution is 2.25. The quantitative estimate of drug-likeness (QED) is 0.284. The topological polar surface area (TPSA) is 0 Å².